The number of hydrogen-bond donors (Lipinski definition) is 0. The molecule has 0 heterocycles. The minimum atomic E-state index is 0.124. The van der Waals surface area contributed by atoms with Crippen LogP contribution in [0.3, 0.4) is 0 Å². The zero-order valence-corrected chi connectivity index (χ0v) is 17.7. The Labute approximate surface area is 137 Å². The summed E-state index contributed by atoms with van der Waals surface area (Å²) in [5.41, 5.74) is 0.124. The van der Waals surface area contributed by atoms with E-state index in [9.17, 15) is 0 Å². The highest BCUT2D eigenvalue weighted by Crippen LogP contribution is 2.33. The Morgan fingerprint density at radius 1 is 0.762 bits per heavy atom. The van der Waals surface area contributed by atoms with Crippen LogP contribution in [-0.4, -0.2) is 51.9 Å². The second-order valence-corrected chi connectivity index (χ2v) is 7.53. The van der Waals surface area contributed by atoms with Crippen molar-refractivity contribution in [3.63, 3.8) is 0 Å². The fourth-order valence-corrected chi connectivity index (χ4v) is 4.54. The molecular weight excluding hydrogens is 272 g/mol. The maximum atomic E-state index is 4.50. The number of nitrogens with zero attached hydrogens (tertiary/aromatic N) is 2. The van der Waals surface area contributed by atoms with Crippen LogP contribution in [0.5, 0.6) is 0 Å². The van der Waals surface area contributed by atoms with E-state index >= 15 is 0 Å². The van der Waals surface area contributed by atoms with Gasteiger partial charge in [-0.1, -0.05) is 46.2 Å². The van der Waals surface area contributed by atoms with Gasteiger partial charge in [-0.25, -0.2) is 0 Å². The van der Waals surface area contributed by atoms with Crippen LogP contribution in [0.4, 0.5) is 0 Å². The van der Waals surface area contributed by atoms with Gasteiger partial charge in [0.05, 0.1) is 5.66 Å². The molecule has 0 saturated heterocycles. The van der Waals surface area contributed by atoms with Gasteiger partial charge in [-0.15, -0.1) is 6.58 Å². The van der Waals surface area contributed by atoms with Crippen molar-refractivity contribution in [3.8, 4) is 0 Å². The van der Waals surface area contributed by atoms with Gasteiger partial charge in [-0.2, -0.15) is 0 Å². The fraction of sp³-hybridized carbons (Fsp3) is 0.889. The number of hydrogen-bond acceptors (Lipinski definition) is 2. The zero-order chi connectivity index (χ0) is 16.3. The SMILES string of the molecule is C=C([SiH3])C(CCC)(N(CCC)CCC)N(CCC)CCC. The smallest absolute Gasteiger partial charge is 0.0910 e. The van der Waals surface area contributed by atoms with Crippen LogP contribution in [0.2, 0.25) is 0 Å². The lowest BCUT2D eigenvalue weighted by molar-refractivity contribution is -0.0339. The third-order valence-corrected chi connectivity index (χ3v) is 5.10. The predicted octanol–water partition coefficient (Wildman–Crippen LogP) is 3.61. The molecule has 0 bridgehead atoms. The van der Waals surface area contributed by atoms with Gasteiger partial charge in [0.25, 0.3) is 0 Å². The molecule has 0 aromatic carbocycles. The summed E-state index contributed by atoms with van der Waals surface area (Å²) in [6.45, 7) is 20.8. The Morgan fingerprint density at radius 2 is 1.10 bits per heavy atom. The van der Waals surface area contributed by atoms with Crippen LogP contribution in [0, 0.1) is 0 Å². The minimum absolute atomic E-state index is 0.124. The Bertz CT molecular complexity index is 250. The summed E-state index contributed by atoms with van der Waals surface area (Å²) < 4.78 is 0. The first-order chi connectivity index (χ1) is 10.0. The Hall–Kier alpha value is -0.123. The lowest BCUT2D eigenvalue weighted by Gasteiger charge is -2.52. The lowest BCUT2D eigenvalue weighted by Crippen LogP contribution is -2.62. The second-order valence-electron chi connectivity index (χ2n) is 6.32. The first-order valence-electron chi connectivity index (χ1n) is 9.20. The van der Waals surface area contributed by atoms with Crippen LogP contribution in [0.1, 0.15) is 73.1 Å². The van der Waals surface area contributed by atoms with Crippen LogP contribution in [0.15, 0.2) is 11.8 Å². The van der Waals surface area contributed by atoms with Gasteiger partial charge in [-0.05, 0) is 58.3 Å². The quantitative estimate of drug-likeness (QED) is 0.379. The zero-order valence-electron chi connectivity index (χ0n) is 15.7. The van der Waals surface area contributed by atoms with Gasteiger partial charge in [0.1, 0.15) is 0 Å². The molecule has 2 nitrogen and oxygen atoms in total. The van der Waals surface area contributed by atoms with Crippen molar-refractivity contribution in [2.24, 2.45) is 0 Å². The standard InChI is InChI=1S/C18H40N2Si/c1-7-12-18(17(6)21,19(13-8-2)14-9-3)20(15-10-4)16-11-5/h6-16H2,1-5,21H3. The van der Waals surface area contributed by atoms with E-state index in [4.69, 9.17) is 0 Å². The molecule has 0 spiro atoms. The molecular formula is C18H40N2Si. The molecule has 0 aliphatic rings. The molecule has 0 atom stereocenters. The van der Waals surface area contributed by atoms with Gasteiger partial charge in [0.15, 0.2) is 0 Å². The molecule has 0 aliphatic heterocycles. The molecule has 126 valence electrons. The van der Waals surface area contributed by atoms with E-state index in [0.717, 1.165) is 10.2 Å². The molecule has 0 aromatic rings. The molecule has 0 saturated carbocycles. The summed E-state index contributed by atoms with van der Waals surface area (Å²) in [6, 6.07) is 0. The van der Waals surface area contributed by atoms with Crippen molar-refractivity contribution in [2.75, 3.05) is 26.2 Å². The number of rotatable bonds is 13. The van der Waals surface area contributed by atoms with Gasteiger partial charge < -0.3 is 0 Å². The summed E-state index contributed by atoms with van der Waals surface area (Å²) in [4.78, 5) is 5.49. The topological polar surface area (TPSA) is 6.48 Å². The molecule has 0 unspecified atom stereocenters. The van der Waals surface area contributed by atoms with E-state index < -0.39 is 0 Å². The summed E-state index contributed by atoms with van der Waals surface area (Å²) >= 11 is 0. The summed E-state index contributed by atoms with van der Waals surface area (Å²) in [5, 5.41) is 1.47. The maximum Gasteiger partial charge on any atom is 0.0910 e. The summed E-state index contributed by atoms with van der Waals surface area (Å²) in [6.07, 6.45) is 7.38. The molecule has 0 N–H and O–H groups in total. The maximum absolute atomic E-state index is 4.50. The Balaban J connectivity index is 5.69. The van der Waals surface area contributed by atoms with Gasteiger partial charge in [-0.3, -0.25) is 9.80 Å². The molecule has 0 aromatic heterocycles. The largest absolute Gasteiger partial charge is 0.282 e. The molecule has 0 rings (SSSR count). The minimum Gasteiger partial charge on any atom is -0.282 e. The second kappa shape index (κ2) is 11.4. The van der Waals surface area contributed by atoms with E-state index in [-0.39, 0.29) is 5.66 Å². The predicted molar refractivity (Wildman–Crippen MR) is 101 cm³/mol. The fourth-order valence-electron chi connectivity index (χ4n) is 3.66. The van der Waals surface area contributed by atoms with E-state index in [0.29, 0.717) is 0 Å². The van der Waals surface area contributed by atoms with Crippen molar-refractivity contribution in [3.05, 3.63) is 11.8 Å². The average molecular weight is 313 g/mol. The molecule has 0 amide bonds. The van der Waals surface area contributed by atoms with Crippen LogP contribution in [0.25, 0.3) is 0 Å². The first kappa shape index (κ1) is 20.9. The average Bonchev–Trinajstić information content (AvgIpc) is 2.44. The van der Waals surface area contributed by atoms with Crippen LogP contribution >= 0.6 is 0 Å². The third kappa shape index (κ3) is 5.54. The lowest BCUT2D eigenvalue weighted by atomic mass is 9.97. The summed E-state index contributed by atoms with van der Waals surface area (Å²) in [7, 11) is 1.09. The van der Waals surface area contributed by atoms with Crippen LogP contribution in [-0.2, 0) is 0 Å². The monoisotopic (exact) mass is 312 g/mol. The molecule has 0 aliphatic carbocycles. The van der Waals surface area contributed by atoms with Crippen molar-refractivity contribution >= 4 is 10.2 Å². The van der Waals surface area contributed by atoms with Crippen molar-refractivity contribution in [1.29, 1.82) is 0 Å². The molecule has 21 heavy (non-hydrogen) atoms. The van der Waals surface area contributed by atoms with E-state index in [1.54, 1.807) is 0 Å². The molecule has 0 fully saturated rings. The van der Waals surface area contributed by atoms with Crippen LogP contribution < -0.4 is 0 Å². The normalized spacial score (nSPS) is 12.5. The van der Waals surface area contributed by atoms with E-state index in [2.05, 4.69) is 51.0 Å². The van der Waals surface area contributed by atoms with E-state index in [1.807, 2.05) is 0 Å². The first-order valence-corrected chi connectivity index (χ1v) is 10.2. The van der Waals surface area contributed by atoms with Crippen molar-refractivity contribution < 1.29 is 0 Å². The highest BCUT2D eigenvalue weighted by Gasteiger charge is 2.40. The van der Waals surface area contributed by atoms with E-state index in [1.165, 1.54) is 69.9 Å². The highest BCUT2D eigenvalue weighted by molar-refractivity contribution is 6.22. The Kier molecular flexibility index (Phi) is 11.4. The van der Waals surface area contributed by atoms with Crippen molar-refractivity contribution in [2.45, 2.75) is 78.8 Å². The third-order valence-electron chi connectivity index (χ3n) is 4.30. The summed E-state index contributed by atoms with van der Waals surface area (Å²) in [5.74, 6) is 0. The Morgan fingerprint density at radius 3 is 1.29 bits per heavy atom. The highest BCUT2D eigenvalue weighted by atomic mass is 28.1. The molecule has 0 radical (unpaired) electrons. The molecule has 3 heteroatoms. The van der Waals surface area contributed by atoms with Crippen molar-refractivity contribution in [1.82, 2.24) is 9.80 Å². The van der Waals surface area contributed by atoms with Gasteiger partial charge >= 0.3 is 0 Å². The van der Waals surface area contributed by atoms with Gasteiger partial charge in [0, 0.05) is 10.2 Å². The van der Waals surface area contributed by atoms with Gasteiger partial charge in [0.2, 0.25) is 0 Å².